The third kappa shape index (κ3) is 5.11. The van der Waals surface area contributed by atoms with Crippen LogP contribution in [0.4, 0.5) is 0 Å². The largest absolute Gasteiger partial charge is 0.379 e. The van der Waals surface area contributed by atoms with E-state index < -0.39 is 0 Å². The Morgan fingerprint density at radius 2 is 2.20 bits per heavy atom. The van der Waals surface area contributed by atoms with Gasteiger partial charge in [0, 0.05) is 28.4 Å². The fourth-order valence-corrected chi connectivity index (χ4v) is 2.41. The van der Waals surface area contributed by atoms with Crippen molar-refractivity contribution in [3.8, 4) is 0 Å². The third-order valence-electron chi connectivity index (χ3n) is 2.27. The Balaban J connectivity index is 2.17. The molecule has 1 heterocycles. The van der Waals surface area contributed by atoms with Crippen LogP contribution in [0.2, 0.25) is 0 Å². The van der Waals surface area contributed by atoms with E-state index in [0.717, 1.165) is 17.5 Å². The van der Waals surface area contributed by atoms with Crippen LogP contribution in [0.5, 0.6) is 0 Å². The van der Waals surface area contributed by atoms with E-state index in [1.807, 2.05) is 0 Å². The molecule has 0 aliphatic rings. The number of rotatable bonds is 6. The first-order valence-electron chi connectivity index (χ1n) is 4.89. The molecule has 1 rings (SSSR count). The third-order valence-corrected chi connectivity index (χ3v) is 3.94. The molecule has 0 aromatic carbocycles. The Hall–Kier alpha value is 0.1000. The number of hydrogen-bond donors (Lipinski definition) is 0. The van der Waals surface area contributed by atoms with E-state index in [1.54, 1.807) is 18.4 Å². The van der Waals surface area contributed by atoms with Crippen LogP contribution in [-0.2, 0) is 16.1 Å². The normalized spacial score (nSPS) is 12.0. The lowest BCUT2D eigenvalue weighted by atomic mass is 10.1. The summed E-state index contributed by atoms with van der Waals surface area (Å²) in [5.74, 6) is 0. The van der Waals surface area contributed by atoms with Gasteiger partial charge in [-0.3, -0.25) is 0 Å². The van der Waals surface area contributed by atoms with Crippen molar-refractivity contribution < 1.29 is 9.47 Å². The molecule has 1 aromatic rings. The van der Waals surface area contributed by atoms with Gasteiger partial charge in [-0.25, -0.2) is 0 Å². The monoisotopic (exact) mass is 292 g/mol. The molecule has 0 atom stereocenters. The van der Waals surface area contributed by atoms with E-state index in [4.69, 9.17) is 9.47 Å². The zero-order valence-corrected chi connectivity index (χ0v) is 11.8. The van der Waals surface area contributed by atoms with Crippen LogP contribution < -0.4 is 0 Å². The summed E-state index contributed by atoms with van der Waals surface area (Å²) in [4.78, 5) is 1.25. The first-order valence-corrected chi connectivity index (χ1v) is 6.56. The molecule has 0 saturated carbocycles. The van der Waals surface area contributed by atoms with E-state index in [2.05, 4.69) is 41.2 Å². The highest BCUT2D eigenvalue weighted by molar-refractivity contribution is 9.10. The summed E-state index contributed by atoms with van der Waals surface area (Å²) in [5.41, 5.74) is -0.0873. The molecule has 0 saturated heterocycles. The van der Waals surface area contributed by atoms with Crippen molar-refractivity contribution in [2.45, 2.75) is 32.5 Å². The maximum absolute atomic E-state index is 5.58. The number of methoxy groups -OCH3 is 1. The van der Waals surface area contributed by atoms with Gasteiger partial charge in [-0.15, -0.1) is 11.3 Å². The van der Waals surface area contributed by atoms with Crippen molar-refractivity contribution in [2.75, 3.05) is 13.7 Å². The van der Waals surface area contributed by atoms with E-state index >= 15 is 0 Å². The molecule has 0 amide bonds. The zero-order valence-electron chi connectivity index (χ0n) is 9.38. The van der Waals surface area contributed by atoms with Crippen LogP contribution in [0, 0.1) is 0 Å². The molecule has 0 radical (unpaired) electrons. The fraction of sp³-hybridized carbons (Fsp3) is 0.636. The van der Waals surface area contributed by atoms with Gasteiger partial charge in [0.1, 0.15) is 0 Å². The topological polar surface area (TPSA) is 18.5 Å². The van der Waals surface area contributed by atoms with Crippen molar-refractivity contribution in [3.05, 3.63) is 20.8 Å². The summed E-state index contributed by atoms with van der Waals surface area (Å²) >= 11 is 5.13. The van der Waals surface area contributed by atoms with Crippen molar-refractivity contribution in [2.24, 2.45) is 0 Å². The molecule has 0 N–H and O–H groups in total. The van der Waals surface area contributed by atoms with Gasteiger partial charge in [-0.1, -0.05) is 0 Å². The molecule has 2 nitrogen and oxygen atoms in total. The SMILES string of the molecule is COC(C)(C)CCOCc1cc(Br)cs1. The summed E-state index contributed by atoms with van der Waals surface area (Å²) in [6.07, 6.45) is 0.913. The second kappa shape index (κ2) is 5.99. The Kier molecular flexibility index (Phi) is 5.26. The average molecular weight is 293 g/mol. The summed E-state index contributed by atoms with van der Waals surface area (Å²) in [6.45, 7) is 5.56. The van der Waals surface area contributed by atoms with Crippen LogP contribution in [0.1, 0.15) is 25.1 Å². The maximum Gasteiger partial charge on any atom is 0.0809 e. The minimum atomic E-state index is -0.0873. The molecule has 1 aromatic heterocycles. The van der Waals surface area contributed by atoms with Crippen molar-refractivity contribution in [3.63, 3.8) is 0 Å². The first-order chi connectivity index (χ1) is 7.03. The Morgan fingerprint density at radius 1 is 1.47 bits per heavy atom. The van der Waals surface area contributed by atoms with E-state index in [-0.39, 0.29) is 5.60 Å². The molecular weight excluding hydrogens is 276 g/mol. The lowest BCUT2D eigenvalue weighted by molar-refractivity contribution is -0.0121. The van der Waals surface area contributed by atoms with Gasteiger partial charge in [0.05, 0.1) is 12.2 Å². The second-order valence-electron chi connectivity index (χ2n) is 4.00. The van der Waals surface area contributed by atoms with Gasteiger partial charge < -0.3 is 9.47 Å². The average Bonchev–Trinajstić information content (AvgIpc) is 2.59. The zero-order chi connectivity index (χ0) is 11.3. The summed E-state index contributed by atoms with van der Waals surface area (Å²) in [6, 6.07) is 2.09. The van der Waals surface area contributed by atoms with Gasteiger partial charge in [-0.2, -0.15) is 0 Å². The van der Waals surface area contributed by atoms with Gasteiger partial charge in [-0.05, 0) is 42.3 Å². The molecule has 15 heavy (non-hydrogen) atoms. The summed E-state index contributed by atoms with van der Waals surface area (Å²) in [7, 11) is 1.73. The molecule has 4 heteroatoms. The molecular formula is C11H17BrO2S. The molecule has 0 unspecified atom stereocenters. The van der Waals surface area contributed by atoms with Gasteiger partial charge in [0.2, 0.25) is 0 Å². The number of halogens is 1. The molecule has 0 fully saturated rings. The van der Waals surface area contributed by atoms with Crippen LogP contribution in [0.15, 0.2) is 15.9 Å². The molecule has 0 spiro atoms. The van der Waals surface area contributed by atoms with E-state index in [1.165, 1.54) is 4.88 Å². The van der Waals surface area contributed by atoms with Gasteiger partial charge in [0.25, 0.3) is 0 Å². The van der Waals surface area contributed by atoms with Crippen LogP contribution in [0.25, 0.3) is 0 Å². The molecule has 0 aliphatic carbocycles. The highest BCUT2D eigenvalue weighted by Crippen LogP contribution is 2.20. The summed E-state index contributed by atoms with van der Waals surface area (Å²) in [5, 5.41) is 2.07. The maximum atomic E-state index is 5.58. The molecule has 86 valence electrons. The predicted octanol–water partition coefficient (Wildman–Crippen LogP) is 3.84. The summed E-state index contributed by atoms with van der Waals surface area (Å²) < 4.78 is 12.0. The standard InChI is InChI=1S/C11H17BrO2S/c1-11(2,13-3)4-5-14-7-10-6-9(12)8-15-10/h6,8H,4-5,7H2,1-3H3. The van der Waals surface area contributed by atoms with Crippen LogP contribution in [0.3, 0.4) is 0 Å². The fourth-order valence-electron chi connectivity index (χ4n) is 1.02. The van der Waals surface area contributed by atoms with E-state index in [0.29, 0.717) is 6.61 Å². The minimum absolute atomic E-state index is 0.0873. The predicted molar refractivity (Wildman–Crippen MR) is 67.4 cm³/mol. The lowest BCUT2D eigenvalue weighted by Gasteiger charge is -2.22. The number of hydrogen-bond acceptors (Lipinski definition) is 3. The van der Waals surface area contributed by atoms with Gasteiger partial charge >= 0.3 is 0 Å². The van der Waals surface area contributed by atoms with Crippen molar-refractivity contribution in [1.82, 2.24) is 0 Å². The van der Waals surface area contributed by atoms with Gasteiger partial charge in [0.15, 0.2) is 0 Å². The lowest BCUT2D eigenvalue weighted by Crippen LogP contribution is -2.24. The molecule has 0 aliphatic heterocycles. The van der Waals surface area contributed by atoms with E-state index in [9.17, 15) is 0 Å². The second-order valence-corrected chi connectivity index (χ2v) is 5.91. The Labute approximate surface area is 104 Å². The van der Waals surface area contributed by atoms with Crippen molar-refractivity contribution >= 4 is 27.3 Å². The number of thiophene rings is 1. The quantitative estimate of drug-likeness (QED) is 0.742. The minimum Gasteiger partial charge on any atom is -0.379 e. The van der Waals surface area contributed by atoms with Crippen molar-refractivity contribution in [1.29, 1.82) is 0 Å². The smallest absolute Gasteiger partial charge is 0.0809 e. The van der Waals surface area contributed by atoms with Crippen LogP contribution in [-0.4, -0.2) is 19.3 Å². The molecule has 0 bridgehead atoms. The Bertz CT molecular complexity index is 297. The first kappa shape index (κ1) is 13.2. The van der Waals surface area contributed by atoms with Crippen LogP contribution >= 0.6 is 27.3 Å². The highest BCUT2D eigenvalue weighted by Gasteiger charge is 2.15. The number of ether oxygens (including phenoxy) is 2. The Morgan fingerprint density at radius 3 is 2.73 bits per heavy atom. The highest BCUT2D eigenvalue weighted by atomic mass is 79.9.